The van der Waals surface area contributed by atoms with Crippen molar-refractivity contribution >= 4 is 0 Å². The Kier molecular flexibility index (Phi) is 3.93. The standard InChI is InChI=1S/C15H16F2N2/c1-9-3-4-12(8-14(9)17)15(19-18)11-5-6-13(16)10(2)7-11/h3-8,15,19H,18H2,1-2H3. The van der Waals surface area contributed by atoms with E-state index in [-0.39, 0.29) is 17.7 Å². The predicted octanol–water partition coefficient (Wildman–Crippen LogP) is 3.13. The van der Waals surface area contributed by atoms with Crippen LogP contribution in [0.4, 0.5) is 8.78 Å². The molecule has 0 aromatic heterocycles. The monoisotopic (exact) mass is 262 g/mol. The fraction of sp³-hybridized carbons (Fsp3) is 0.200. The van der Waals surface area contributed by atoms with E-state index in [4.69, 9.17) is 5.84 Å². The van der Waals surface area contributed by atoms with Gasteiger partial charge < -0.3 is 0 Å². The Hall–Kier alpha value is -1.78. The largest absolute Gasteiger partial charge is 0.271 e. The summed E-state index contributed by atoms with van der Waals surface area (Å²) in [7, 11) is 0. The molecule has 100 valence electrons. The van der Waals surface area contributed by atoms with Crippen LogP contribution in [0.5, 0.6) is 0 Å². The normalized spacial score (nSPS) is 12.5. The molecule has 1 atom stereocenters. The van der Waals surface area contributed by atoms with Crippen LogP contribution in [-0.2, 0) is 0 Å². The minimum Gasteiger partial charge on any atom is -0.271 e. The molecule has 0 heterocycles. The molecule has 0 saturated heterocycles. The second-order valence-corrected chi connectivity index (χ2v) is 4.62. The van der Waals surface area contributed by atoms with Crippen molar-refractivity contribution < 1.29 is 8.78 Å². The molecule has 2 rings (SSSR count). The van der Waals surface area contributed by atoms with Crippen molar-refractivity contribution in [2.45, 2.75) is 19.9 Å². The Morgan fingerprint density at radius 1 is 0.895 bits per heavy atom. The van der Waals surface area contributed by atoms with Crippen LogP contribution >= 0.6 is 0 Å². The molecule has 4 heteroatoms. The Morgan fingerprint density at radius 2 is 1.53 bits per heavy atom. The average molecular weight is 262 g/mol. The summed E-state index contributed by atoms with van der Waals surface area (Å²) in [5.74, 6) is 5.00. The maximum absolute atomic E-state index is 13.6. The van der Waals surface area contributed by atoms with Crippen LogP contribution in [0.2, 0.25) is 0 Å². The van der Waals surface area contributed by atoms with Crippen molar-refractivity contribution in [3.63, 3.8) is 0 Å². The van der Waals surface area contributed by atoms with Crippen molar-refractivity contribution in [3.8, 4) is 0 Å². The summed E-state index contributed by atoms with van der Waals surface area (Å²) in [6, 6.07) is 9.32. The highest BCUT2D eigenvalue weighted by atomic mass is 19.1. The molecule has 0 bridgehead atoms. The molecule has 2 aromatic rings. The number of hydrazine groups is 1. The van der Waals surface area contributed by atoms with Crippen LogP contribution in [0.1, 0.15) is 28.3 Å². The number of hydrogen-bond acceptors (Lipinski definition) is 2. The molecule has 0 aliphatic heterocycles. The molecule has 0 aliphatic rings. The van der Waals surface area contributed by atoms with Crippen LogP contribution in [0.25, 0.3) is 0 Å². The highest BCUT2D eigenvalue weighted by molar-refractivity contribution is 5.36. The zero-order chi connectivity index (χ0) is 14.0. The Morgan fingerprint density at radius 3 is 2.11 bits per heavy atom. The quantitative estimate of drug-likeness (QED) is 0.658. The van der Waals surface area contributed by atoms with E-state index in [1.54, 1.807) is 32.0 Å². The Bertz CT molecular complexity index is 545. The summed E-state index contributed by atoms with van der Waals surface area (Å²) in [4.78, 5) is 0. The first-order chi connectivity index (χ1) is 9.02. The molecule has 0 aliphatic carbocycles. The fourth-order valence-corrected chi connectivity index (χ4v) is 2.02. The van der Waals surface area contributed by atoms with Crippen LogP contribution in [0.3, 0.4) is 0 Å². The molecule has 0 spiro atoms. The summed E-state index contributed by atoms with van der Waals surface area (Å²) >= 11 is 0. The average Bonchev–Trinajstić information content (AvgIpc) is 2.39. The third-order valence-electron chi connectivity index (χ3n) is 3.21. The van der Waals surface area contributed by atoms with E-state index in [2.05, 4.69) is 5.43 Å². The van der Waals surface area contributed by atoms with Gasteiger partial charge in [-0.1, -0.05) is 24.3 Å². The van der Waals surface area contributed by atoms with Gasteiger partial charge in [0.15, 0.2) is 0 Å². The van der Waals surface area contributed by atoms with Gasteiger partial charge in [-0.3, -0.25) is 5.84 Å². The van der Waals surface area contributed by atoms with Crippen molar-refractivity contribution in [3.05, 3.63) is 70.3 Å². The number of nitrogens with two attached hydrogens (primary N) is 1. The molecular weight excluding hydrogens is 246 g/mol. The van der Waals surface area contributed by atoms with Gasteiger partial charge in [0.05, 0.1) is 6.04 Å². The number of benzene rings is 2. The van der Waals surface area contributed by atoms with Gasteiger partial charge in [0, 0.05) is 0 Å². The SMILES string of the molecule is Cc1cc(C(NN)c2ccc(C)c(F)c2)ccc1F. The van der Waals surface area contributed by atoms with E-state index in [9.17, 15) is 8.78 Å². The topological polar surface area (TPSA) is 38.0 Å². The highest BCUT2D eigenvalue weighted by Gasteiger charge is 2.14. The summed E-state index contributed by atoms with van der Waals surface area (Å²) in [6.07, 6.45) is 0. The molecular formula is C15H16F2N2. The molecule has 3 N–H and O–H groups in total. The van der Waals surface area contributed by atoms with Gasteiger partial charge in [0.25, 0.3) is 0 Å². The second kappa shape index (κ2) is 5.47. The van der Waals surface area contributed by atoms with Gasteiger partial charge >= 0.3 is 0 Å². The summed E-state index contributed by atoms with van der Waals surface area (Å²) in [6.45, 7) is 3.38. The van der Waals surface area contributed by atoms with Crippen LogP contribution in [-0.4, -0.2) is 0 Å². The third kappa shape index (κ3) is 2.80. The molecule has 0 amide bonds. The molecule has 2 aromatic carbocycles. The first-order valence-corrected chi connectivity index (χ1v) is 6.01. The van der Waals surface area contributed by atoms with E-state index >= 15 is 0 Å². The smallest absolute Gasteiger partial charge is 0.126 e. The fourth-order valence-electron chi connectivity index (χ4n) is 2.02. The van der Waals surface area contributed by atoms with Crippen molar-refractivity contribution in [2.24, 2.45) is 5.84 Å². The highest BCUT2D eigenvalue weighted by Crippen LogP contribution is 2.24. The maximum Gasteiger partial charge on any atom is 0.126 e. The molecule has 0 radical (unpaired) electrons. The zero-order valence-corrected chi connectivity index (χ0v) is 10.9. The number of rotatable bonds is 3. The lowest BCUT2D eigenvalue weighted by molar-refractivity contribution is 0.594. The minimum atomic E-state index is -0.366. The first kappa shape index (κ1) is 13.6. The van der Waals surface area contributed by atoms with E-state index in [0.29, 0.717) is 16.7 Å². The van der Waals surface area contributed by atoms with E-state index in [1.165, 1.54) is 12.1 Å². The summed E-state index contributed by atoms with van der Waals surface area (Å²) < 4.78 is 26.9. The number of aryl methyl sites for hydroxylation is 2. The van der Waals surface area contributed by atoms with Gasteiger partial charge in [-0.15, -0.1) is 0 Å². The summed E-state index contributed by atoms with van der Waals surface area (Å²) in [5, 5.41) is 0. The van der Waals surface area contributed by atoms with Crippen LogP contribution in [0.15, 0.2) is 36.4 Å². The zero-order valence-electron chi connectivity index (χ0n) is 10.9. The van der Waals surface area contributed by atoms with E-state index in [0.717, 1.165) is 5.56 Å². The van der Waals surface area contributed by atoms with Gasteiger partial charge in [0.1, 0.15) is 11.6 Å². The molecule has 0 saturated carbocycles. The lowest BCUT2D eigenvalue weighted by atomic mass is 9.97. The lowest BCUT2D eigenvalue weighted by Gasteiger charge is -2.18. The lowest BCUT2D eigenvalue weighted by Crippen LogP contribution is -2.29. The van der Waals surface area contributed by atoms with E-state index in [1.807, 2.05) is 6.07 Å². The molecule has 19 heavy (non-hydrogen) atoms. The molecule has 0 fully saturated rings. The van der Waals surface area contributed by atoms with Crippen LogP contribution < -0.4 is 11.3 Å². The van der Waals surface area contributed by atoms with Gasteiger partial charge in [-0.05, 0) is 48.2 Å². The maximum atomic E-state index is 13.6. The molecule has 1 unspecified atom stereocenters. The first-order valence-electron chi connectivity index (χ1n) is 6.01. The van der Waals surface area contributed by atoms with E-state index < -0.39 is 0 Å². The van der Waals surface area contributed by atoms with Crippen molar-refractivity contribution in [1.29, 1.82) is 0 Å². The number of halogens is 2. The third-order valence-corrected chi connectivity index (χ3v) is 3.21. The molecule has 2 nitrogen and oxygen atoms in total. The van der Waals surface area contributed by atoms with Gasteiger partial charge in [-0.25, -0.2) is 14.2 Å². The van der Waals surface area contributed by atoms with Crippen LogP contribution in [0, 0.1) is 25.5 Å². The summed E-state index contributed by atoms with van der Waals surface area (Å²) in [5.41, 5.74) is 5.25. The Labute approximate surface area is 111 Å². The Balaban J connectivity index is 2.43. The predicted molar refractivity (Wildman–Crippen MR) is 71.4 cm³/mol. The van der Waals surface area contributed by atoms with Gasteiger partial charge in [0.2, 0.25) is 0 Å². The van der Waals surface area contributed by atoms with Gasteiger partial charge in [-0.2, -0.15) is 0 Å². The number of nitrogens with one attached hydrogen (secondary N) is 1. The minimum absolute atomic E-state index is 0.269. The number of hydrogen-bond donors (Lipinski definition) is 2. The van der Waals surface area contributed by atoms with Crippen molar-refractivity contribution in [1.82, 2.24) is 5.43 Å². The van der Waals surface area contributed by atoms with Crippen molar-refractivity contribution in [2.75, 3.05) is 0 Å². The second-order valence-electron chi connectivity index (χ2n) is 4.62.